The molecule has 138 valence electrons. The van der Waals surface area contributed by atoms with Crippen molar-refractivity contribution < 1.29 is 13.3 Å². The van der Waals surface area contributed by atoms with Crippen LogP contribution in [-0.4, -0.2) is 8.80 Å². The number of hydrogen-bond acceptors (Lipinski definition) is 3. The molecule has 4 heteroatoms. The van der Waals surface area contributed by atoms with Crippen LogP contribution in [0.1, 0.15) is 16.7 Å². The van der Waals surface area contributed by atoms with Crippen LogP contribution in [0, 0.1) is 0 Å². The third-order valence-electron chi connectivity index (χ3n) is 4.10. The van der Waals surface area contributed by atoms with Crippen LogP contribution in [0.25, 0.3) is 0 Å². The van der Waals surface area contributed by atoms with Crippen molar-refractivity contribution in [2.75, 3.05) is 0 Å². The summed E-state index contributed by atoms with van der Waals surface area (Å²) in [6.07, 6.45) is 0. The van der Waals surface area contributed by atoms with Gasteiger partial charge in [-0.2, -0.15) is 0 Å². The topological polar surface area (TPSA) is 27.7 Å². The molecule has 0 aromatic heterocycles. The Morgan fingerprint density at radius 2 is 0.852 bits per heavy atom. The molecule has 3 aromatic rings. The minimum atomic E-state index is -3.05. The van der Waals surface area contributed by atoms with Crippen LogP contribution in [0.5, 0.6) is 0 Å². The molecule has 27 heavy (non-hydrogen) atoms. The molecule has 0 spiro atoms. The first-order valence-corrected chi connectivity index (χ1v) is 10.8. The molecule has 3 nitrogen and oxygen atoms in total. The standard InChI is InChI=1S/C23H24O3Si/c1-2-27(24-18-21-12-6-3-7-13-21,25-19-22-14-8-4-9-15-22)26-20-23-16-10-5-11-17-23/h2-17H,1,18-20H2. The van der Waals surface area contributed by atoms with Crippen molar-refractivity contribution in [3.8, 4) is 0 Å². The molecule has 0 bridgehead atoms. The predicted molar refractivity (Wildman–Crippen MR) is 110 cm³/mol. The van der Waals surface area contributed by atoms with Crippen molar-refractivity contribution in [3.05, 3.63) is 120 Å². The molecule has 0 amide bonds. The second-order valence-electron chi connectivity index (χ2n) is 6.13. The maximum absolute atomic E-state index is 6.18. The Hall–Kier alpha value is -2.50. The van der Waals surface area contributed by atoms with Crippen LogP contribution in [-0.2, 0) is 33.1 Å². The Labute approximate surface area is 162 Å². The van der Waals surface area contributed by atoms with Gasteiger partial charge in [0.1, 0.15) is 0 Å². The van der Waals surface area contributed by atoms with Crippen LogP contribution in [0.4, 0.5) is 0 Å². The minimum absolute atomic E-state index is 0.419. The lowest BCUT2D eigenvalue weighted by atomic mass is 10.2. The second kappa shape index (κ2) is 9.99. The van der Waals surface area contributed by atoms with E-state index in [-0.39, 0.29) is 0 Å². The van der Waals surface area contributed by atoms with Gasteiger partial charge in [-0.1, -0.05) is 97.6 Å². The summed E-state index contributed by atoms with van der Waals surface area (Å²) in [4.78, 5) is 0. The molecule has 0 unspecified atom stereocenters. The first kappa shape index (κ1) is 19.3. The number of rotatable bonds is 10. The third kappa shape index (κ3) is 6.01. The lowest BCUT2D eigenvalue weighted by Gasteiger charge is -2.27. The van der Waals surface area contributed by atoms with Crippen LogP contribution in [0.3, 0.4) is 0 Å². The van der Waals surface area contributed by atoms with Crippen molar-refractivity contribution >= 4 is 8.80 Å². The fourth-order valence-corrected chi connectivity index (χ4v) is 4.28. The maximum Gasteiger partial charge on any atom is 0.529 e. The molecule has 0 fully saturated rings. The summed E-state index contributed by atoms with van der Waals surface area (Å²) in [5, 5.41) is 0. The van der Waals surface area contributed by atoms with Gasteiger partial charge in [-0.25, -0.2) is 0 Å². The van der Waals surface area contributed by atoms with E-state index < -0.39 is 8.80 Å². The first-order chi connectivity index (χ1) is 13.3. The van der Waals surface area contributed by atoms with Gasteiger partial charge in [0.15, 0.2) is 0 Å². The summed E-state index contributed by atoms with van der Waals surface area (Å²) in [6, 6.07) is 30.1. The molecule has 0 saturated heterocycles. The summed E-state index contributed by atoms with van der Waals surface area (Å²) < 4.78 is 18.6. The van der Waals surface area contributed by atoms with Gasteiger partial charge in [-0.3, -0.25) is 0 Å². The molecule has 3 rings (SSSR count). The summed E-state index contributed by atoms with van der Waals surface area (Å²) in [7, 11) is -3.05. The number of benzene rings is 3. The second-order valence-corrected chi connectivity index (χ2v) is 8.61. The van der Waals surface area contributed by atoms with Gasteiger partial charge in [0.25, 0.3) is 0 Å². The molecule has 3 aromatic carbocycles. The van der Waals surface area contributed by atoms with Crippen molar-refractivity contribution in [1.29, 1.82) is 0 Å². The SMILES string of the molecule is C=C[Si](OCc1ccccc1)(OCc1ccccc1)OCc1ccccc1. The number of hydrogen-bond donors (Lipinski definition) is 0. The van der Waals surface area contributed by atoms with Gasteiger partial charge in [-0.15, -0.1) is 0 Å². The molecule has 0 aliphatic heterocycles. The molecule has 0 aliphatic rings. The van der Waals surface area contributed by atoms with Crippen LogP contribution >= 0.6 is 0 Å². The van der Waals surface area contributed by atoms with Crippen LogP contribution < -0.4 is 0 Å². The molecule has 0 aliphatic carbocycles. The monoisotopic (exact) mass is 376 g/mol. The van der Waals surface area contributed by atoms with E-state index in [9.17, 15) is 0 Å². The molecule has 0 saturated carbocycles. The maximum atomic E-state index is 6.18. The zero-order valence-corrected chi connectivity index (χ0v) is 16.3. The molecular formula is C23H24O3Si. The highest BCUT2D eigenvalue weighted by molar-refractivity contribution is 6.66. The zero-order valence-electron chi connectivity index (χ0n) is 15.3. The van der Waals surface area contributed by atoms with E-state index in [1.807, 2.05) is 91.0 Å². The predicted octanol–water partition coefficient (Wildman–Crippen LogP) is 5.30. The van der Waals surface area contributed by atoms with Gasteiger partial charge in [0, 0.05) is 0 Å². The van der Waals surface area contributed by atoms with E-state index >= 15 is 0 Å². The Kier molecular flexibility index (Phi) is 7.13. The molecule has 0 atom stereocenters. The van der Waals surface area contributed by atoms with Crippen molar-refractivity contribution in [2.45, 2.75) is 19.8 Å². The van der Waals surface area contributed by atoms with E-state index in [1.165, 1.54) is 0 Å². The molecular weight excluding hydrogens is 352 g/mol. The van der Waals surface area contributed by atoms with E-state index in [2.05, 4.69) is 6.58 Å². The van der Waals surface area contributed by atoms with Crippen LogP contribution in [0.2, 0.25) is 0 Å². The van der Waals surface area contributed by atoms with Crippen molar-refractivity contribution in [1.82, 2.24) is 0 Å². The lowest BCUT2D eigenvalue weighted by Crippen LogP contribution is -2.43. The Bertz CT molecular complexity index is 701. The molecule has 0 N–H and O–H groups in total. The van der Waals surface area contributed by atoms with Gasteiger partial charge in [-0.05, 0) is 22.4 Å². The highest BCUT2D eigenvalue weighted by Gasteiger charge is 2.38. The fraction of sp³-hybridized carbons (Fsp3) is 0.130. The Morgan fingerprint density at radius 3 is 1.11 bits per heavy atom. The largest absolute Gasteiger partial charge is 0.529 e. The quantitative estimate of drug-likeness (QED) is 0.449. The summed E-state index contributed by atoms with van der Waals surface area (Å²) in [5.74, 6) is 0. The first-order valence-electron chi connectivity index (χ1n) is 8.97. The Balaban J connectivity index is 1.71. The van der Waals surface area contributed by atoms with Crippen molar-refractivity contribution in [2.24, 2.45) is 0 Å². The minimum Gasteiger partial charge on any atom is -0.366 e. The average molecular weight is 377 g/mol. The summed E-state index contributed by atoms with van der Waals surface area (Å²) in [6.45, 7) is 5.21. The molecule has 0 radical (unpaired) electrons. The lowest BCUT2D eigenvalue weighted by molar-refractivity contribution is 0.0550. The normalized spacial score (nSPS) is 11.3. The van der Waals surface area contributed by atoms with Gasteiger partial charge >= 0.3 is 8.80 Å². The smallest absolute Gasteiger partial charge is 0.366 e. The van der Waals surface area contributed by atoms with Crippen LogP contribution in [0.15, 0.2) is 103 Å². The highest BCUT2D eigenvalue weighted by atomic mass is 28.4. The summed E-state index contributed by atoms with van der Waals surface area (Å²) in [5.41, 5.74) is 4.93. The van der Waals surface area contributed by atoms with Gasteiger partial charge in [0.2, 0.25) is 0 Å². The Morgan fingerprint density at radius 1 is 0.556 bits per heavy atom. The molecule has 0 heterocycles. The van der Waals surface area contributed by atoms with Gasteiger partial charge in [0.05, 0.1) is 19.8 Å². The summed E-state index contributed by atoms with van der Waals surface area (Å²) >= 11 is 0. The highest BCUT2D eigenvalue weighted by Crippen LogP contribution is 2.19. The van der Waals surface area contributed by atoms with E-state index in [0.29, 0.717) is 19.8 Å². The van der Waals surface area contributed by atoms with Gasteiger partial charge < -0.3 is 13.3 Å². The van der Waals surface area contributed by atoms with E-state index in [1.54, 1.807) is 5.70 Å². The zero-order chi connectivity index (χ0) is 18.8. The fourth-order valence-electron chi connectivity index (χ4n) is 2.58. The van der Waals surface area contributed by atoms with E-state index in [4.69, 9.17) is 13.3 Å². The average Bonchev–Trinajstić information content (AvgIpc) is 2.76. The van der Waals surface area contributed by atoms with E-state index in [0.717, 1.165) is 16.7 Å². The van der Waals surface area contributed by atoms with Crippen molar-refractivity contribution in [3.63, 3.8) is 0 Å². The third-order valence-corrected chi connectivity index (χ3v) is 6.24.